The summed E-state index contributed by atoms with van der Waals surface area (Å²) in [6.45, 7) is 2.74. The number of hydrogen-bond donors (Lipinski definition) is 1. The number of carbonyl (C=O) groups excluding carboxylic acids is 1. The number of thioether (sulfide) groups is 1. The minimum absolute atomic E-state index is 0.0818. The largest absolute Gasteiger partial charge is 0.384 e. The van der Waals surface area contributed by atoms with Gasteiger partial charge in [-0.1, -0.05) is 18.7 Å². The molecule has 7 nitrogen and oxygen atoms in total. The number of nitrogens with two attached hydrogens (primary N) is 1. The molecule has 0 bridgehead atoms. The van der Waals surface area contributed by atoms with E-state index in [1.165, 1.54) is 11.8 Å². The van der Waals surface area contributed by atoms with Gasteiger partial charge in [-0.15, -0.1) is 0 Å². The van der Waals surface area contributed by atoms with Crippen molar-refractivity contribution < 1.29 is 4.79 Å². The summed E-state index contributed by atoms with van der Waals surface area (Å²) in [6.07, 6.45) is 6.14. The number of nitrogen functional groups attached to an aromatic ring is 1. The van der Waals surface area contributed by atoms with Crippen molar-refractivity contribution in [1.29, 1.82) is 0 Å². The van der Waals surface area contributed by atoms with E-state index in [9.17, 15) is 4.79 Å². The Morgan fingerprint density at radius 1 is 1.43 bits per heavy atom. The molecule has 122 valence electrons. The van der Waals surface area contributed by atoms with Crippen molar-refractivity contribution in [3.05, 3.63) is 24.2 Å². The summed E-state index contributed by atoms with van der Waals surface area (Å²) in [5.41, 5.74) is 7.56. The van der Waals surface area contributed by atoms with Gasteiger partial charge in [0.2, 0.25) is 5.91 Å². The minimum Gasteiger partial charge on any atom is -0.384 e. The Labute approximate surface area is 139 Å². The van der Waals surface area contributed by atoms with Crippen LogP contribution in [0, 0.1) is 0 Å². The number of nitrogens with zero attached hydrogens (tertiary/aromatic N) is 5. The number of anilines is 2. The fourth-order valence-electron chi connectivity index (χ4n) is 2.61. The second-order valence-electron chi connectivity index (χ2n) is 5.53. The van der Waals surface area contributed by atoms with E-state index in [4.69, 9.17) is 5.73 Å². The third-order valence-corrected chi connectivity index (χ3v) is 4.90. The van der Waals surface area contributed by atoms with Gasteiger partial charge in [0.25, 0.3) is 0 Å². The highest BCUT2D eigenvalue weighted by Gasteiger charge is 2.31. The molecule has 2 N–H and O–H groups in total. The molecule has 8 heteroatoms. The lowest BCUT2D eigenvalue weighted by Gasteiger charge is -2.30. The molecular formula is C15H20N6OS. The molecule has 1 amide bonds. The third-order valence-electron chi connectivity index (χ3n) is 3.78. The molecule has 3 rings (SSSR count). The predicted octanol–water partition coefficient (Wildman–Crippen LogP) is 1.64. The summed E-state index contributed by atoms with van der Waals surface area (Å²) < 4.78 is 1.70. The molecule has 1 aliphatic heterocycles. The molecule has 0 saturated carbocycles. The molecule has 3 heterocycles. The normalized spacial score (nSPS) is 18.4. The second kappa shape index (κ2) is 6.57. The Morgan fingerprint density at radius 2 is 2.26 bits per heavy atom. The predicted molar refractivity (Wildman–Crippen MR) is 90.3 cm³/mol. The Kier molecular flexibility index (Phi) is 4.51. The average Bonchev–Trinajstić information content (AvgIpc) is 2.95. The van der Waals surface area contributed by atoms with Crippen molar-refractivity contribution in [3.63, 3.8) is 0 Å². The van der Waals surface area contributed by atoms with Crippen molar-refractivity contribution in [3.8, 4) is 0 Å². The first-order valence-corrected chi connectivity index (χ1v) is 8.55. The van der Waals surface area contributed by atoms with E-state index in [1.54, 1.807) is 21.8 Å². The maximum Gasteiger partial charge on any atom is 0.240 e. The van der Waals surface area contributed by atoms with Crippen molar-refractivity contribution >= 4 is 29.2 Å². The molecule has 1 saturated heterocycles. The van der Waals surface area contributed by atoms with Crippen LogP contribution in [0.4, 0.5) is 11.5 Å². The highest BCUT2D eigenvalue weighted by atomic mass is 32.2. The van der Waals surface area contributed by atoms with Crippen LogP contribution in [0.15, 0.2) is 23.6 Å². The molecule has 0 aromatic carbocycles. The molecule has 0 radical (unpaired) electrons. The zero-order valence-corrected chi connectivity index (χ0v) is 14.1. The topological polar surface area (TPSA) is 89.9 Å². The van der Waals surface area contributed by atoms with Crippen LogP contribution in [0.25, 0.3) is 0 Å². The van der Waals surface area contributed by atoms with Gasteiger partial charge in [-0.2, -0.15) is 5.10 Å². The van der Waals surface area contributed by atoms with Crippen molar-refractivity contribution in [2.45, 2.75) is 36.6 Å². The summed E-state index contributed by atoms with van der Waals surface area (Å²) >= 11 is 1.40. The number of aromatic nitrogens is 4. The zero-order valence-electron chi connectivity index (χ0n) is 13.3. The van der Waals surface area contributed by atoms with Crippen LogP contribution in [0.5, 0.6) is 0 Å². The van der Waals surface area contributed by atoms with Crippen LogP contribution in [0.2, 0.25) is 0 Å². The SMILES string of the molecule is CCc1cc(N)nc(S[C@@H]2CCCN(c3cnn(C)c3)C2=O)n1. The quantitative estimate of drug-likeness (QED) is 0.856. The minimum atomic E-state index is -0.185. The third kappa shape index (κ3) is 3.47. The van der Waals surface area contributed by atoms with Crippen LogP contribution in [-0.2, 0) is 18.3 Å². The van der Waals surface area contributed by atoms with Crippen LogP contribution in [0.3, 0.4) is 0 Å². The standard InChI is InChI=1S/C15H20N6OS/c1-3-10-7-13(16)19-15(18-10)23-12-5-4-6-21(14(12)22)11-8-17-20(2)9-11/h7-9,12H,3-6H2,1-2H3,(H2,16,18,19)/t12-/m1/s1. The lowest BCUT2D eigenvalue weighted by atomic mass is 10.1. The summed E-state index contributed by atoms with van der Waals surface area (Å²) in [7, 11) is 1.84. The van der Waals surface area contributed by atoms with Gasteiger partial charge in [0.1, 0.15) is 5.82 Å². The highest BCUT2D eigenvalue weighted by Crippen LogP contribution is 2.31. The Bertz CT molecular complexity index is 716. The molecule has 1 atom stereocenters. The van der Waals surface area contributed by atoms with E-state index in [1.807, 2.05) is 20.2 Å². The Hall–Kier alpha value is -2.09. The van der Waals surface area contributed by atoms with Crippen LogP contribution >= 0.6 is 11.8 Å². The van der Waals surface area contributed by atoms with Gasteiger partial charge in [-0.3, -0.25) is 9.48 Å². The van der Waals surface area contributed by atoms with Gasteiger partial charge in [0.05, 0.1) is 17.1 Å². The van der Waals surface area contributed by atoms with Gasteiger partial charge in [-0.25, -0.2) is 9.97 Å². The maximum atomic E-state index is 12.8. The molecule has 23 heavy (non-hydrogen) atoms. The first-order valence-electron chi connectivity index (χ1n) is 7.67. The molecule has 0 spiro atoms. The van der Waals surface area contributed by atoms with E-state index < -0.39 is 0 Å². The summed E-state index contributed by atoms with van der Waals surface area (Å²) in [6, 6.07) is 1.77. The second-order valence-corrected chi connectivity index (χ2v) is 6.70. The van der Waals surface area contributed by atoms with Gasteiger partial charge in [0, 0.05) is 31.5 Å². The van der Waals surface area contributed by atoms with E-state index in [-0.39, 0.29) is 11.2 Å². The number of piperidine rings is 1. The number of hydrogen-bond acceptors (Lipinski definition) is 6. The lowest BCUT2D eigenvalue weighted by molar-refractivity contribution is -0.119. The van der Waals surface area contributed by atoms with Crippen molar-refractivity contribution in [1.82, 2.24) is 19.7 Å². The molecule has 0 unspecified atom stereocenters. The number of aryl methyl sites for hydroxylation is 2. The van der Waals surface area contributed by atoms with E-state index >= 15 is 0 Å². The molecule has 0 aliphatic carbocycles. The van der Waals surface area contributed by atoms with E-state index in [0.717, 1.165) is 37.2 Å². The number of rotatable bonds is 4. The summed E-state index contributed by atoms with van der Waals surface area (Å²) in [5, 5.41) is 4.54. The number of amides is 1. The Balaban J connectivity index is 1.77. The lowest BCUT2D eigenvalue weighted by Crippen LogP contribution is -2.42. The van der Waals surface area contributed by atoms with Crippen molar-refractivity contribution in [2.24, 2.45) is 7.05 Å². The molecular weight excluding hydrogens is 312 g/mol. The smallest absolute Gasteiger partial charge is 0.240 e. The van der Waals surface area contributed by atoms with Gasteiger partial charge < -0.3 is 10.6 Å². The summed E-state index contributed by atoms with van der Waals surface area (Å²) in [5.74, 6) is 0.532. The van der Waals surface area contributed by atoms with Crippen LogP contribution in [-0.4, -0.2) is 37.5 Å². The maximum absolute atomic E-state index is 12.8. The first-order chi connectivity index (χ1) is 11.1. The van der Waals surface area contributed by atoms with Gasteiger partial charge >= 0.3 is 0 Å². The van der Waals surface area contributed by atoms with Crippen LogP contribution in [0.1, 0.15) is 25.5 Å². The average molecular weight is 332 g/mol. The first kappa shape index (κ1) is 15.8. The number of carbonyl (C=O) groups is 1. The fourth-order valence-corrected chi connectivity index (χ4v) is 3.71. The molecule has 1 fully saturated rings. The molecule has 2 aromatic rings. The van der Waals surface area contributed by atoms with Crippen molar-refractivity contribution in [2.75, 3.05) is 17.2 Å². The molecule has 1 aliphatic rings. The fraction of sp³-hybridized carbons (Fsp3) is 0.467. The zero-order chi connectivity index (χ0) is 16.4. The highest BCUT2D eigenvalue weighted by molar-refractivity contribution is 8.00. The Morgan fingerprint density at radius 3 is 2.96 bits per heavy atom. The summed E-state index contributed by atoms with van der Waals surface area (Å²) in [4.78, 5) is 23.3. The van der Waals surface area contributed by atoms with E-state index in [0.29, 0.717) is 11.0 Å². The molecule has 2 aromatic heterocycles. The monoisotopic (exact) mass is 332 g/mol. The van der Waals surface area contributed by atoms with E-state index in [2.05, 4.69) is 15.1 Å². The van der Waals surface area contributed by atoms with Gasteiger partial charge in [-0.05, 0) is 19.3 Å². The van der Waals surface area contributed by atoms with Gasteiger partial charge in [0.15, 0.2) is 5.16 Å². The van der Waals surface area contributed by atoms with Crippen LogP contribution < -0.4 is 10.6 Å².